The largest absolute Gasteiger partial charge is 0.379 e. The summed E-state index contributed by atoms with van der Waals surface area (Å²) in [6.45, 7) is 7.33. The number of nitrogens with one attached hydrogen (secondary N) is 1. The first-order chi connectivity index (χ1) is 15.3. The molecular formula is C24H31N3O4S. The molecule has 0 atom stereocenters. The number of ether oxygens (including phenoxy) is 1. The van der Waals surface area contributed by atoms with Crippen molar-refractivity contribution in [2.24, 2.45) is 0 Å². The molecule has 0 saturated carbocycles. The zero-order valence-electron chi connectivity index (χ0n) is 18.8. The van der Waals surface area contributed by atoms with Gasteiger partial charge in [-0.25, -0.2) is 8.42 Å². The summed E-state index contributed by atoms with van der Waals surface area (Å²) in [5.41, 5.74) is 4.69. The molecule has 0 aromatic heterocycles. The molecule has 7 nitrogen and oxygen atoms in total. The number of aryl methyl sites for hydroxylation is 2. The van der Waals surface area contributed by atoms with Crippen molar-refractivity contribution < 1.29 is 17.9 Å². The van der Waals surface area contributed by atoms with E-state index in [0.717, 1.165) is 42.7 Å². The summed E-state index contributed by atoms with van der Waals surface area (Å²) in [6.07, 6.45) is 2.41. The molecule has 2 aromatic rings. The molecule has 0 unspecified atom stereocenters. The minimum Gasteiger partial charge on any atom is -0.379 e. The van der Waals surface area contributed by atoms with Crippen molar-refractivity contribution in [1.29, 1.82) is 0 Å². The van der Waals surface area contributed by atoms with Gasteiger partial charge >= 0.3 is 0 Å². The maximum Gasteiger partial charge on any atom is 0.243 e. The SMILES string of the molecule is Cc1ccc(CC(=O)Nc2cc(S(=O)(=O)N3CCOCC3)ccc2N2CCCC2)cc1C. The normalized spacial score (nSPS) is 17.5. The van der Waals surface area contributed by atoms with E-state index in [2.05, 4.69) is 10.2 Å². The highest BCUT2D eigenvalue weighted by atomic mass is 32.2. The summed E-state index contributed by atoms with van der Waals surface area (Å²) < 4.78 is 33.1. The third-order valence-corrected chi connectivity index (χ3v) is 8.13. The van der Waals surface area contributed by atoms with Gasteiger partial charge in [0, 0.05) is 26.2 Å². The Labute approximate surface area is 190 Å². The Morgan fingerprint density at radius 2 is 1.69 bits per heavy atom. The summed E-state index contributed by atoms with van der Waals surface area (Å²) >= 11 is 0. The first-order valence-corrected chi connectivity index (χ1v) is 12.6. The molecule has 8 heteroatoms. The maximum absolute atomic E-state index is 13.2. The number of morpholine rings is 1. The predicted octanol–water partition coefficient (Wildman–Crippen LogP) is 3.11. The van der Waals surface area contributed by atoms with Gasteiger partial charge < -0.3 is 15.0 Å². The molecule has 0 radical (unpaired) electrons. The van der Waals surface area contributed by atoms with E-state index in [9.17, 15) is 13.2 Å². The number of hydrogen-bond acceptors (Lipinski definition) is 5. The number of nitrogens with zero attached hydrogens (tertiary/aromatic N) is 2. The molecule has 2 aromatic carbocycles. The topological polar surface area (TPSA) is 79.0 Å². The number of rotatable bonds is 6. The van der Waals surface area contributed by atoms with Crippen molar-refractivity contribution in [2.75, 3.05) is 49.6 Å². The molecule has 2 saturated heterocycles. The van der Waals surface area contributed by atoms with Crippen LogP contribution in [0.2, 0.25) is 0 Å². The second-order valence-electron chi connectivity index (χ2n) is 8.53. The molecule has 2 fully saturated rings. The Hall–Kier alpha value is -2.42. The van der Waals surface area contributed by atoms with E-state index >= 15 is 0 Å². The van der Waals surface area contributed by atoms with Gasteiger partial charge in [-0.15, -0.1) is 0 Å². The third kappa shape index (κ3) is 4.98. The number of hydrogen-bond donors (Lipinski definition) is 1. The fourth-order valence-corrected chi connectivity index (χ4v) is 5.67. The Morgan fingerprint density at radius 1 is 0.969 bits per heavy atom. The Balaban J connectivity index is 1.61. The van der Waals surface area contributed by atoms with Gasteiger partial charge in [-0.1, -0.05) is 18.2 Å². The van der Waals surface area contributed by atoms with Crippen LogP contribution in [0.15, 0.2) is 41.3 Å². The number of sulfonamides is 1. The van der Waals surface area contributed by atoms with Gasteiger partial charge in [-0.2, -0.15) is 4.31 Å². The fraction of sp³-hybridized carbons (Fsp3) is 0.458. The second-order valence-corrected chi connectivity index (χ2v) is 10.5. The summed E-state index contributed by atoms with van der Waals surface area (Å²) in [6, 6.07) is 11.1. The van der Waals surface area contributed by atoms with Crippen molar-refractivity contribution >= 4 is 27.3 Å². The van der Waals surface area contributed by atoms with Crippen LogP contribution >= 0.6 is 0 Å². The number of carbonyl (C=O) groups is 1. The molecule has 0 spiro atoms. The Bertz CT molecular complexity index is 1090. The third-order valence-electron chi connectivity index (χ3n) is 6.23. The quantitative estimate of drug-likeness (QED) is 0.721. The first-order valence-electron chi connectivity index (χ1n) is 11.2. The van der Waals surface area contributed by atoms with Gasteiger partial charge in [0.25, 0.3) is 0 Å². The minimum absolute atomic E-state index is 0.158. The molecule has 1 N–H and O–H groups in total. The number of amides is 1. The summed E-state index contributed by atoms with van der Waals surface area (Å²) in [5, 5.41) is 3.00. The zero-order valence-corrected chi connectivity index (χ0v) is 19.6. The lowest BCUT2D eigenvalue weighted by Gasteiger charge is -2.27. The summed E-state index contributed by atoms with van der Waals surface area (Å²) in [4.78, 5) is 15.3. The molecule has 0 aliphatic carbocycles. The van der Waals surface area contributed by atoms with Crippen molar-refractivity contribution in [1.82, 2.24) is 4.31 Å². The van der Waals surface area contributed by atoms with Crippen LogP contribution < -0.4 is 10.2 Å². The highest BCUT2D eigenvalue weighted by Gasteiger charge is 2.28. The standard InChI is InChI=1S/C24H31N3O4S/c1-18-5-6-20(15-19(18)2)16-24(28)25-22-17-21(7-8-23(22)26-9-3-4-10-26)32(29,30)27-11-13-31-14-12-27/h5-8,15,17H,3-4,9-14,16H2,1-2H3,(H,25,28). The van der Waals surface area contributed by atoms with E-state index in [4.69, 9.17) is 4.74 Å². The molecule has 2 aliphatic heterocycles. The van der Waals surface area contributed by atoms with Crippen molar-refractivity contribution in [3.05, 3.63) is 53.1 Å². The van der Waals surface area contributed by atoms with E-state index < -0.39 is 10.0 Å². The van der Waals surface area contributed by atoms with Crippen LogP contribution in [0.3, 0.4) is 0 Å². The maximum atomic E-state index is 13.2. The van der Waals surface area contributed by atoms with E-state index in [1.165, 1.54) is 9.87 Å². The van der Waals surface area contributed by atoms with Crippen molar-refractivity contribution in [2.45, 2.75) is 38.0 Å². The molecule has 172 valence electrons. The lowest BCUT2D eigenvalue weighted by atomic mass is 10.0. The zero-order chi connectivity index (χ0) is 22.7. The van der Waals surface area contributed by atoms with Crippen LogP contribution in [0.5, 0.6) is 0 Å². The van der Waals surface area contributed by atoms with E-state index in [-0.39, 0.29) is 17.2 Å². The van der Waals surface area contributed by atoms with Gasteiger partial charge in [0.05, 0.1) is 35.9 Å². The van der Waals surface area contributed by atoms with Gasteiger partial charge in [0.1, 0.15) is 0 Å². The number of anilines is 2. The first kappa shape index (κ1) is 22.8. The molecule has 0 bridgehead atoms. The minimum atomic E-state index is -3.65. The van der Waals surface area contributed by atoms with Crippen LogP contribution in [0.1, 0.15) is 29.5 Å². The average Bonchev–Trinajstić information content (AvgIpc) is 3.31. The average molecular weight is 458 g/mol. The lowest BCUT2D eigenvalue weighted by molar-refractivity contribution is -0.115. The molecule has 2 aliphatic rings. The van der Waals surface area contributed by atoms with Crippen LogP contribution in [-0.4, -0.2) is 58.0 Å². The van der Waals surface area contributed by atoms with E-state index in [1.807, 2.05) is 38.1 Å². The smallest absolute Gasteiger partial charge is 0.243 e. The molecule has 32 heavy (non-hydrogen) atoms. The van der Waals surface area contributed by atoms with E-state index in [1.54, 1.807) is 12.1 Å². The van der Waals surface area contributed by atoms with Crippen molar-refractivity contribution in [3.63, 3.8) is 0 Å². The van der Waals surface area contributed by atoms with Crippen LogP contribution in [0.25, 0.3) is 0 Å². The Kier molecular flexibility index (Phi) is 6.83. The number of benzene rings is 2. The van der Waals surface area contributed by atoms with Gasteiger partial charge in [-0.3, -0.25) is 4.79 Å². The highest BCUT2D eigenvalue weighted by Crippen LogP contribution is 2.32. The van der Waals surface area contributed by atoms with Crippen molar-refractivity contribution in [3.8, 4) is 0 Å². The van der Waals surface area contributed by atoms with Crippen LogP contribution in [0.4, 0.5) is 11.4 Å². The number of carbonyl (C=O) groups excluding carboxylic acids is 1. The summed E-state index contributed by atoms with van der Waals surface area (Å²) in [7, 11) is -3.65. The molecule has 4 rings (SSSR count). The second kappa shape index (κ2) is 9.60. The van der Waals surface area contributed by atoms with Crippen LogP contribution in [-0.2, 0) is 26.0 Å². The van der Waals surface area contributed by atoms with Gasteiger partial charge in [-0.05, 0) is 61.6 Å². The molecule has 1 amide bonds. The fourth-order valence-electron chi connectivity index (χ4n) is 4.24. The predicted molar refractivity (Wildman–Crippen MR) is 126 cm³/mol. The van der Waals surface area contributed by atoms with Gasteiger partial charge in [0.15, 0.2) is 0 Å². The molecular weight excluding hydrogens is 426 g/mol. The Morgan fingerprint density at radius 3 is 2.38 bits per heavy atom. The molecule has 2 heterocycles. The lowest BCUT2D eigenvalue weighted by Crippen LogP contribution is -2.40. The highest BCUT2D eigenvalue weighted by molar-refractivity contribution is 7.89. The van der Waals surface area contributed by atoms with E-state index in [0.29, 0.717) is 32.0 Å². The summed E-state index contributed by atoms with van der Waals surface area (Å²) in [5.74, 6) is -0.158. The van der Waals surface area contributed by atoms with Gasteiger partial charge in [0.2, 0.25) is 15.9 Å². The monoisotopic (exact) mass is 457 g/mol. The van der Waals surface area contributed by atoms with Crippen LogP contribution in [0, 0.1) is 13.8 Å².